The van der Waals surface area contributed by atoms with Crippen molar-refractivity contribution < 1.29 is 23.5 Å². The molecule has 0 aliphatic heterocycles. The molecular weight excluding hydrogens is 396 g/mol. The third-order valence-electron chi connectivity index (χ3n) is 3.82. The third kappa shape index (κ3) is 5.05. The number of thioether (sulfide) groups is 1. The molecule has 2 amide bonds. The van der Waals surface area contributed by atoms with E-state index < -0.39 is 5.91 Å². The van der Waals surface area contributed by atoms with Crippen LogP contribution in [-0.4, -0.2) is 42.0 Å². The number of aromatic nitrogens is 2. The number of anilines is 1. The molecule has 0 atom stereocenters. The van der Waals surface area contributed by atoms with Crippen LogP contribution >= 0.6 is 11.8 Å². The summed E-state index contributed by atoms with van der Waals surface area (Å²) in [5.41, 5.74) is 6.77. The van der Waals surface area contributed by atoms with Gasteiger partial charge in [-0.25, -0.2) is 0 Å². The number of rotatable bonds is 8. The van der Waals surface area contributed by atoms with Crippen LogP contribution in [0.1, 0.15) is 10.4 Å². The summed E-state index contributed by atoms with van der Waals surface area (Å²) in [4.78, 5) is 23.2. The van der Waals surface area contributed by atoms with Gasteiger partial charge in [0.1, 0.15) is 0 Å². The highest BCUT2D eigenvalue weighted by atomic mass is 32.2. The molecule has 0 bridgehead atoms. The Balaban J connectivity index is 1.59. The molecule has 3 aromatic rings. The van der Waals surface area contributed by atoms with E-state index in [0.29, 0.717) is 34.2 Å². The van der Waals surface area contributed by atoms with Crippen molar-refractivity contribution in [2.45, 2.75) is 5.22 Å². The van der Waals surface area contributed by atoms with E-state index >= 15 is 0 Å². The first-order valence-corrected chi connectivity index (χ1v) is 9.37. The summed E-state index contributed by atoms with van der Waals surface area (Å²) in [7, 11) is 3.09. The molecule has 150 valence electrons. The van der Waals surface area contributed by atoms with Gasteiger partial charge in [0.25, 0.3) is 5.22 Å². The van der Waals surface area contributed by atoms with Gasteiger partial charge in [-0.3, -0.25) is 9.59 Å². The number of nitrogens with two attached hydrogens (primary N) is 1. The highest BCUT2D eigenvalue weighted by Crippen LogP contribution is 2.32. The lowest BCUT2D eigenvalue weighted by Gasteiger charge is -2.07. The number of nitrogens with one attached hydrogen (secondary N) is 1. The van der Waals surface area contributed by atoms with Crippen molar-refractivity contribution in [3.8, 4) is 23.0 Å². The number of ether oxygens (including phenoxy) is 2. The molecule has 0 unspecified atom stereocenters. The molecule has 3 N–H and O–H groups in total. The van der Waals surface area contributed by atoms with Crippen LogP contribution in [-0.2, 0) is 4.79 Å². The van der Waals surface area contributed by atoms with Crippen molar-refractivity contribution in [1.29, 1.82) is 0 Å². The van der Waals surface area contributed by atoms with E-state index in [9.17, 15) is 9.59 Å². The molecule has 0 aliphatic rings. The zero-order chi connectivity index (χ0) is 20.8. The van der Waals surface area contributed by atoms with E-state index in [1.165, 1.54) is 7.11 Å². The smallest absolute Gasteiger partial charge is 0.277 e. The molecule has 0 radical (unpaired) electrons. The van der Waals surface area contributed by atoms with Crippen LogP contribution in [0.3, 0.4) is 0 Å². The second-order valence-electron chi connectivity index (χ2n) is 5.72. The molecule has 29 heavy (non-hydrogen) atoms. The number of carbonyl (C=O) groups is 2. The van der Waals surface area contributed by atoms with Crippen LogP contribution in [0, 0.1) is 0 Å². The van der Waals surface area contributed by atoms with Crippen LogP contribution < -0.4 is 20.5 Å². The number of benzene rings is 2. The standard InChI is InChI=1S/C19H18N4O5S/c1-26-14-8-5-12(9-15(14)27-2)18-22-23-19(28-18)29-10-16(24)21-13-6-3-11(4-7-13)17(20)25/h3-9H,10H2,1-2H3,(H2,20,25)(H,21,24). The molecule has 1 heterocycles. The van der Waals surface area contributed by atoms with Crippen LogP contribution in [0.5, 0.6) is 11.5 Å². The average Bonchev–Trinajstić information content (AvgIpc) is 3.21. The van der Waals surface area contributed by atoms with Gasteiger partial charge in [-0.15, -0.1) is 10.2 Å². The van der Waals surface area contributed by atoms with Crippen molar-refractivity contribution in [2.75, 3.05) is 25.3 Å². The molecule has 2 aromatic carbocycles. The van der Waals surface area contributed by atoms with E-state index in [-0.39, 0.29) is 16.9 Å². The monoisotopic (exact) mass is 414 g/mol. The second-order valence-corrected chi connectivity index (χ2v) is 6.65. The zero-order valence-corrected chi connectivity index (χ0v) is 16.5. The first-order valence-electron chi connectivity index (χ1n) is 8.38. The van der Waals surface area contributed by atoms with Gasteiger partial charge in [-0.1, -0.05) is 11.8 Å². The maximum absolute atomic E-state index is 12.1. The molecule has 0 fully saturated rings. The van der Waals surface area contributed by atoms with Crippen molar-refractivity contribution in [3.05, 3.63) is 48.0 Å². The Bertz CT molecular complexity index is 1020. The fourth-order valence-electron chi connectivity index (χ4n) is 2.40. The summed E-state index contributed by atoms with van der Waals surface area (Å²) in [5.74, 6) is 0.722. The number of carbonyl (C=O) groups excluding carboxylic acids is 2. The fraction of sp³-hybridized carbons (Fsp3) is 0.158. The number of primary amides is 1. The highest BCUT2D eigenvalue weighted by molar-refractivity contribution is 7.99. The van der Waals surface area contributed by atoms with Crippen LogP contribution in [0.25, 0.3) is 11.5 Å². The van der Waals surface area contributed by atoms with Gasteiger partial charge in [0.2, 0.25) is 17.7 Å². The van der Waals surface area contributed by atoms with E-state index in [4.69, 9.17) is 19.6 Å². The van der Waals surface area contributed by atoms with Gasteiger partial charge in [0.05, 0.1) is 20.0 Å². The summed E-state index contributed by atoms with van der Waals surface area (Å²) >= 11 is 1.11. The minimum atomic E-state index is -0.528. The molecule has 0 aliphatic carbocycles. The minimum Gasteiger partial charge on any atom is -0.493 e. The van der Waals surface area contributed by atoms with Gasteiger partial charge in [0, 0.05) is 16.8 Å². The zero-order valence-electron chi connectivity index (χ0n) is 15.7. The summed E-state index contributed by atoms with van der Waals surface area (Å²) in [6, 6.07) is 11.5. The number of hydrogen-bond donors (Lipinski definition) is 2. The summed E-state index contributed by atoms with van der Waals surface area (Å²) in [6.45, 7) is 0. The lowest BCUT2D eigenvalue weighted by molar-refractivity contribution is -0.113. The molecular formula is C19H18N4O5S. The number of amides is 2. The van der Waals surface area contributed by atoms with E-state index in [0.717, 1.165) is 11.8 Å². The number of hydrogen-bond acceptors (Lipinski definition) is 8. The Kier molecular flexibility index (Phi) is 6.35. The minimum absolute atomic E-state index is 0.0745. The van der Waals surface area contributed by atoms with E-state index in [2.05, 4.69) is 15.5 Å². The quantitative estimate of drug-likeness (QED) is 0.538. The first kappa shape index (κ1) is 20.2. The summed E-state index contributed by atoms with van der Waals surface area (Å²) < 4.78 is 16.1. The molecule has 3 rings (SSSR count). The van der Waals surface area contributed by atoms with Gasteiger partial charge in [-0.05, 0) is 42.5 Å². The lowest BCUT2D eigenvalue weighted by Crippen LogP contribution is -2.15. The predicted octanol–water partition coefficient (Wildman–Crippen LogP) is 2.58. The average molecular weight is 414 g/mol. The van der Waals surface area contributed by atoms with Crippen LogP contribution in [0.2, 0.25) is 0 Å². The normalized spacial score (nSPS) is 10.4. The maximum Gasteiger partial charge on any atom is 0.277 e. The van der Waals surface area contributed by atoms with Crippen molar-refractivity contribution >= 4 is 29.3 Å². The Morgan fingerprint density at radius 2 is 1.79 bits per heavy atom. The maximum atomic E-state index is 12.1. The third-order valence-corrected chi connectivity index (χ3v) is 4.64. The Morgan fingerprint density at radius 1 is 1.07 bits per heavy atom. The van der Waals surface area contributed by atoms with Crippen LogP contribution in [0.4, 0.5) is 5.69 Å². The molecule has 1 aromatic heterocycles. The highest BCUT2D eigenvalue weighted by Gasteiger charge is 2.14. The van der Waals surface area contributed by atoms with Gasteiger partial charge in [0.15, 0.2) is 11.5 Å². The molecule has 0 spiro atoms. The lowest BCUT2D eigenvalue weighted by atomic mass is 10.2. The SMILES string of the molecule is COc1ccc(-c2nnc(SCC(=O)Nc3ccc(C(N)=O)cc3)o2)cc1OC. The van der Waals surface area contributed by atoms with E-state index in [1.54, 1.807) is 49.6 Å². The largest absolute Gasteiger partial charge is 0.493 e. The number of nitrogens with zero attached hydrogens (tertiary/aromatic N) is 2. The summed E-state index contributed by atoms with van der Waals surface area (Å²) in [5, 5.41) is 10.9. The fourth-order valence-corrected chi connectivity index (χ4v) is 2.96. The van der Waals surface area contributed by atoms with E-state index in [1.807, 2.05) is 0 Å². The molecule has 10 heteroatoms. The van der Waals surface area contributed by atoms with Gasteiger partial charge >= 0.3 is 0 Å². The van der Waals surface area contributed by atoms with Crippen molar-refractivity contribution in [2.24, 2.45) is 5.73 Å². The van der Waals surface area contributed by atoms with Crippen molar-refractivity contribution in [3.63, 3.8) is 0 Å². The topological polar surface area (TPSA) is 130 Å². The molecule has 0 saturated carbocycles. The second kappa shape index (κ2) is 9.11. The summed E-state index contributed by atoms with van der Waals surface area (Å²) in [6.07, 6.45) is 0. The van der Waals surface area contributed by atoms with Gasteiger partial charge < -0.3 is 24.9 Å². The van der Waals surface area contributed by atoms with Crippen LogP contribution in [0.15, 0.2) is 52.1 Å². The van der Waals surface area contributed by atoms with Crippen molar-refractivity contribution in [1.82, 2.24) is 10.2 Å². The molecule has 9 nitrogen and oxygen atoms in total. The molecule has 0 saturated heterocycles. The number of methoxy groups -OCH3 is 2. The Labute approximate surface area is 170 Å². The predicted molar refractivity (Wildman–Crippen MR) is 107 cm³/mol. The Hall–Kier alpha value is -3.53. The van der Waals surface area contributed by atoms with Gasteiger partial charge in [-0.2, -0.15) is 0 Å². The first-order chi connectivity index (χ1) is 14.0. The Morgan fingerprint density at radius 3 is 2.45 bits per heavy atom.